The summed E-state index contributed by atoms with van der Waals surface area (Å²) in [6.07, 6.45) is 3.68. The van der Waals surface area contributed by atoms with E-state index in [0.717, 1.165) is 34.2 Å². The molecule has 2 N–H and O–H groups in total. The van der Waals surface area contributed by atoms with E-state index in [1.807, 2.05) is 31.2 Å². The second-order valence-corrected chi connectivity index (χ2v) is 9.08. The van der Waals surface area contributed by atoms with Gasteiger partial charge in [-0.1, -0.05) is 18.2 Å². The molecule has 5 rings (SSSR count). The summed E-state index contributed by atoms with van der Waals surface area (Å²) in [6, 6.07) is 13.4. The standard InChI is InChI=1S/C29H22F3N5O2/c1-17-3-7-24(11-20(17)5-4-19-9-21-6-8-26(38)36-27(21)33-14-19)35-28(39)22-10-23(29(30,31)32)13-25(12-22)37-15-18(2)34-16-37/h3-16H,1-2H3,(H,35,39)(H,33,36,38)/b5-4+. The number of hydrogen-bond donors (Lipinski definition) is 2. The van der Waals surface area contributed by atoms with Crippen molar-refractivity contribution in [3.05, 3.63) is 117 Å². The molecule has 0 saturated heterocycles. The summed E-state index contributed by atoms with van der Waals surface area (Å²) in [6.45, 7) is 3.63. The third-order valence-corrected chi connectivity index (χ3v) is 6.10. The van der Waals surface area contributed by atoms with Gasteiger partial charge in [0.05, 0.1) is 17.6 Å². The first-order chi connectivity index (χ1) is 18.5. The van der Waals surface area contributed by atoms with Crippen LogP contribution < -0.4 is 10.9 Å². The van der Waals surface area contributed by atoms with Crippen LogP contribution in [0.1, 0.15) is 38.3 Å². The first-order valence-corrected chi connectivity index (χ1v) is 11.9. The lowest BCUT2D eigenvalue weighted by atomic mass is 10.1. The maximum absolute atomic E-state index is 13.6. The quantitative estimate of drug-likeness (QED) is 0.285. The van der Waals surface area contributed by atoms with Gasteiger partial charge in [0.1, 0.15) is 5.65 Å². The fourth-order valence-corrected chi connectivity index (χ4v) is 4.05. The van der Waals surface area contributed by atoms with Gasteiger partial charge in [0.25, 0.3) is 5.91 Å². The van der Waals surface area contributed by atoms with Crippen molar-refractivity contribution < 1.29 is 18.0 Å². The van der Waals surface area contributed by atoms with Gasteiger partial charge < -0.3 is 14.9 Å². The average Bonchev–Trinajstić information content (AvgIpc) is 3.34. The molecule has 1 amide bonds. The number of nitrogens with one attached hydrogen (secondary N) is 2. The van der Waals surface area contributed by atoms with E-state index < -0.39 is 17.6 Å². The largest absolute Gasteiger partial charge is 0.416 e. The highest BCUT2D eigenvalue weighted by Gasteiger charge is 2.32. The number of carbonyl (C=O) groups excluding carboxylic acids is 1. The number of imidazole rings is 1. The number of nitrogens with zero attached hydrogens (tertiary/aromatic N) is 3. The fourth-order valence-electron chi connectivity index (χ4n) is 4.05. The van der Waals surface area contributed by atoms with E-state index >= 15 is 0 Å². The summed E-state index contributed by atoms with van der Waals surface area (Å²) in [5, 5.41) is 3.48. The lowest BCUT2D eigenvalue weighted by Gasteiger charge is -2.13. The SMILES string of the molecule is Cc1cn(-c2cc(C(=O)Nc3ccc(C)c(/C=C/c4cnc5[nH]c(=O)ccc5c4)c3)cc(C(F)(F)F)c2)cn1. The summed E-state index contributed by atoms with van der Waals surface area (Å²) >= 11 is 0. The smallest absolute Gasteiger partial charge is 0.322 e. The molecule has 0 bridgehead atoms. The van der Waals surface area contributed by atoms with Gasteiger partial charge in [0.2, 0.25) is 5.56 Å². The Balaban J connectivity index is 1.41. The third kappa shape index (κ3) is 5.80. The maximum Gasteiger partial charge on any atom is 0.416 e. The van der Waals surface area contributed by atoms with Gasteiger partial charge in [-0.25, -0.2) is 9.97 Å². The van der Waals surface area contributed by atoms with Crippen molar-refractivity contribution in [2.75, 3.05) is 5.32 Å². The topological polar surface area (TPSA) is 92.7 Å². The highest BCUT2D eigenvalue weighted by molar-refractivity contribution is 6.05. The molecule has 0 spiro atoms. The Morgan fingerprint density at radius 1 is 1.00 bits per heavy atom. The Hall–Kier alpha value is -4.99. The normalized spacial score (nSPS) is 11.8. The van der Waals surface area contributed by atoms with Crippen molar-refractivity contribution in [2.45, 2.75) is 20.0 Å². The number of carbonyl (C=O) groups is 1. The minimum Gasteiger partial charge on any atom is -0.322 e. The van der Waals surface area contributed by atoms with Crippen molar-refractivity contribution in [3.8, 4) is 5.69 Å². The number of benzene rings is 2. The van der Waals surface area contributed by atoms with Gasteiger partial charge in [0.15, 0.2) is 0 Å². The summed E-state index contributed by atoms with van der Waals surface area (Å²) in [7, 11) is 0. The number of amides is 1. The molecule has 0 fully saturated rings. The highest BCUT2D eigenvalue weighted by atomic mass is 19.4. The second kappa shape index (κ2) is 10.1. The molecule has 0 aliphatic carbocycles. The molecule has 7 nitrogen and oxygen atoms in total. The van der Waals surface area contributed by atoms with E-state index in [1.165, 1.54) is 23.0 Å². The van der Waals surface area contributed by atoms with Crippen LogP contribution in [0, 0.1) is 13.8 Å². The van der Waals surface area contributed by atoms with Gasteiger partial charge in [0, 0.05) is 40.8 Å². The number of aromatic amines is 1. The zero-order chi connectivity index (χ0) is 27.7. The van der Waals surface area contributed by atoms with Crippen LogP contribution in [0.5, 0.6) is 0 Å². The molecule has 3 aromatic heterocycles. The van der Waals surface area contributed by atoms with E-state index in [4.69, 9.17) is 0 Å². The first-order valence-electron chi connectivity index (χ1n) is 11.9. The van der Waals surface area contributed by atoms with Crippen molar-refractivity contribution in [1.82, 2.24) is 19.5 Å². The zero-order valence-electron chi connectivity index (χ0n) is 20.9. The molecule has 5 aromatic rings. The van der Waals surface area contributed by atoms with Crippen LogP contribution in [0.4, 0.5) is 18.9 Å². The Bertz CT molecular complexity index is 1800. The van der Waals surface area contributed by atoms with Crippen LogP contribution in [-0.2, 0) is 6.18 Å². The number of fused-ring (bicyclic) bond motifs is 1. The molecule has 10 heteroatoms. The lowest BCUT2D eigenvalue weighted by molar-refractivity contribution is -0.137. The second-order valence-electron chi connectivity index (χ2n) is 9.08. The van der Waals surface area contributed by atoms with E-state index in [2.05, 4.69) is 20.3 Å². The molecule has 196 valence electrons. The van der Waals surface area contributed by atoms with E-state index in [1.54, 1.807) is 37.5 Å². The van der Waals surface area contributed by atoms with Gasteiger partial charge in [-0.2, -0.15) is 13.2 Å². The summed E-state index contributed by atoms with van der Waals surface area (Å²) in [4.78, 5) is 35.5. The van der Waals surface area contributed by atoms with Crippen molar-refractivity contribution in [1.29, 1.82) is 0 Å². The summed E-state index contributed by atoms with van der Waals surface area (Å²) < 4.78 is 42.2. The molecular weight excluding hydrogens is 507 g/mol. The minimum atomic E-state index is -4.63. The number of hydrogen-bond acceptors (Lipinski definition) is 4. The molecular formula is C29H22F3N5O2. The number of aromatic nitrogens is 4. The van der Waals surface area contributed by atoms with E-state index in [-0.39, 0.29) is 16.8 Å². The Labute approximate surface area is 220 Å². The maximum atomic E-state index is 13.6. The average molecular weight is 530 g/mol. The van der Waals surface area contributed by atoms with E-state index in [0.29, 0.717) is 17.0 Å². The van der Waals surface area contributed by atoms with Crippen LogP contribution >= 0.6 is 0 Å². The molecule has 39 heavy (non-hydrogen) atoms. The fraction of sp³-hybridized carbons (Fsp3) is 0.103. The number of aryl methyl sites for hydroxylation is 2. The molecule has 0 aliphatic heterocycles. The van der Waals surface area contributed by atoms with Gasteiger partial charge in [-0.05, 0) is 73.0 Å². The van der Waals surface area contributed by atoms with Crippen molar-refractivity contribution >= 4 is 34.8 Å². The predicted octanol–water partition coefficient (Wildman–Crippen LogP) is 6.17. The number of halogens is 3. The molecule has 0 radical (unpaired) electrons. The zero-order valence-corrected chi connectivity index (χ0v) is 20.9. The van der Waals surface area contributed by atoms with Crippen molar-refractivity contribution in [3.63, 3.8) is 0 Å². The van der Waals surface area contributed by atoms with Crippen LogP contribution in [0.15, 0.2) is 78.1 Å². The molecule has 3 heterocycles. The van der Waals surface area contributed by atoms with Crippen molar-refractivity contribution in [2.24, 2.45) is 0 Å². The first kappa shape index (κ1) is 25.7. The predicted molar refractivity (Wildman–Crippen MR) is 144 cm³/mol. The summed E-state index contributed by atoms with van der Waals surface area (Å²) in [5.74, 6) is -0.675. The highest BCUT2D eigenvalue weighted by Crippen LogP contribution is 2.32. The molecule has 0 unspecified atom stereocenters. The lowest BCUT2D eigenvalue weighted by Crippen LogP contribution is -2.15. The van der Waals surface area contributed by atoms with Crippen LogP contribution in [0.2, 0.25) is 0 Å². The number of anilines is 1. The van der Waals surface area contributed by atoms with E-state index in [9.17, 15) is 22.8 Å². The Kier molecular flexibility index (Phi) is 6.61. The summed E-state index contributed by atoms with van der Waals surface area (Å²) in [5.41, 5.74) is 2.96. The molecule has 0 aliphatic rings. The van der Waals surface area contributed by atoms with Crippen LogP contribution in [0.3, 0.4) is 0 Å². The van der Waals surface area contributed by atoms with Gasteiger partial charge in [-0.15, -0.1) is 0 Å². The molecule has 0 saturated carbocycles. The van der Waals surface area contributed by atoms with Gasteiger partial charge >= 0.3 is 6.18 Å². The number of rotatable bonds is 5. The third-order valence-electron chi connectivity index (χ3n) is 6.10. The van der Waals surface area contributed by atoms with Crippen LogP contribution in [-0.4, -0.2) is 25.4 Å². The molecule has 2 aromatic carbocycles. The number of H-pyrrole nitrogens is 1. The number of pyridine rings is 2. The molecule has 0 atom stereocenters. The Morgan fingerprint density at radius 3 is 2.56 bits per heavy atom. The van der Waals surface area contributed by atoms with Crippen LogP contribution in [0.25, 0.3) is 28.9 Å². The monoisotopic (exact) mass is 529 g/mol. The van der Waals surface area contributed by atoms with Gasteiger partial charge in [-0.3, -0.25) is 9.59 Å². The Morgan fingerprint density at radius 2 is 1.82 bits per heavy atom. The minimum absolute atomic E-state index is 0.135. The number of alkyl halides is 3.